The van der Waals surface area contributed by atoms with Crippen molar-refractivity contribution in [1.29, 1.82) is 0 Å². The van der Waals surface area contributed by atoms with Crippen LogP contribution in [-0.2, 0) is 6.42 Å². The second-order valence-corrected chi connectivity index (χ2v) is 4.86. The number of rotatable bonds is 2. The number of benzene rings is 1. The van der Waals surface area contributed by atoms with Gasteiger partial charge in [0.05, 0.1) is 0 Å². The van der Waals surface area contributed by atoms with Gasteiger partial charge in [-0.1, -0.05) is 12.1 Å². The number of nitrogens with two attached hydrogens (primary N) is 1. The van der Waals surface area contributed by atoms with E-state index in [-0.39, 0.29) is 6.04 Å². The molecule has 80 valence electrons. The molecule has 2 nitrogen and oxygen atoms in total. The third kappa shape index (κ3) is 1.63. The molecule has 15 heavy (non-hydrogen) atoms. The zero-order valence-electron chi connectivity index (χ0n) is 9.07. The average Bonchev–Trinajstić information content (AvgIpc) is 2.98. The molecule has 1 aliphatic carbocycles. The predicted molar refractivity (Wildman–Crippen MR) is 59.9 cm³/mol. The van der Waals surface area contributed by atoms with E-state index in [9.17, 15) is 0 Å². The molecule has 0 amide bonds. The lowest BCUT2D eigenvalue weighted by atomic mass is 9.99. The largest absolute Gasteiger partial charge is 0.490 e. The summed E-state index contributed by atoms with van der Waals surface area (Å²) in [6.07, 6.45) is 3.95. The minimum absolute atomic E-state index is 0.242. The van der Waals surface area contributed by atoms with E-state index in [2.05, 4.69) is 25.1 Å². The van der Waals surface area contributed by atoms with Gasteiger partial charge in [0.2, 0.25) is 0 Å². The maximum Gasteiger partial charge on any atom is 0.123 e. The van der Waals surface area contributed by atoms with E-state index in [0.717, 1.165) is 18.1 Å². The summed E-state index contributed by atoms with van der Waals surface area (Å²) in [6.45, 7) is 2.11. The fourth-order valence-corrected chi connectivity index (χ4v) is 2.38. The lowest BCUT2D eigenvalue weighted by Crippen LogP contribution is -2.12. The molecule has 0 radical (unpaired) electrons. The predicted octanol–water partition coefficient (Wildman–Crippen LogP) is 2.42. The Hall–Kier alpha value is -1.02. The molecule has 2 aliphatic rings. The molecule has 0 spiro atoms. The smallest absolute Gasteiger partial charge is 0.123 e. The third-order valence-corrected chi connectivity index (χ3v) is 3.43. The van der Waals surface area contributed by atoms with Crippen molar-refractivity contribution < 1.29 is 4.74 Å². The molecular weight excluding hydrogens is 186 g/mol. The molecule has 2 heteroatoms. The number of hydrogen-bond acceptors (Lipinski definition) is 2. The first-order chi connectivity index (χ1) is 7.24. The van der Waals surface area contributed by atoms with Crippen LogP contribution in [0, 0.1) is 5.92 Å². The lowest BCUT2D eigenvalue weighted by molar-refractivity contribution is 0.254. The van der Waals surface area contributed by atoms with Crippen LogP contribution in [0.5, 0.6) is 5.75 Å². The fourth-order valence-electron chi connectivity index (χ4n) is 2.38. The standard InChI is InChI=1S/C13H17NO/c1-8-6-11-7-10(4-5-12(11)15-8)13(14)9-2-3-9/h4-5,7-9,13H,2-3,6,14H2,1H3. The number of ether oxygens (including phenoxy) is 1. The third-order valence-electron chi connectivity index (χ3n) is 3.43. The highest BCUT2D eigenvalue weighted by atomic mass is 16.5. The van der Waals surface area contributed by atoms with Crippen molar-refractivity contribution in [1.82, 2.24) is 0 Å². The van der Waals surface area contributed by atoms with Crippen LogP contribution in [0.4, 0.5) is 0 Å². The van der Waals surface area contributed by atoms with Crippen molar-refractivity contribution >= 4 is 0 Å². The summed E-state index contributed by atoms with van der Waals surface area (Å²) >= 11 is 0. The maximum atomic E-state index is 6.19. The van der Waals surface area contributed by atoms with Gasteiger partial charge >= 0.3 is 0 Å². The molecule has 1 heterocycles. The van der Waals surface area contributed by atoms with Gasteiger partial charge < -0.3 is 10.5 Å². The molecule has 0 saturated heterocycles. The topological polar surface area (TPSA) is 35.2 Å². The monoisotopic (exact) mass is 203 g/mol. The molecule has 1 aromatic rings. The summed E-state index contributed by atoms with van der Waals surface area (Å²) < 4.78 is 5.68. The van der Waals surface area contributed by atoms with Crippen LogP contribution in [0.2, 0.25) is 0 Å². The van der Waals surface area contributed by atoms with Crippen molar-refractivity contribution in [3.63, 3.8) is 0 Å². The Morgan fingerprint density at radius 3 is 2.93 bits per heavy atom. The number of hydrogen-bond donors (Lipinski definition) is 1. The molecule has 1 aromatic carbocycles. The minimum Gasteiger partial charge on any atom is -0.490 e. The van der Waals surface area contributed by atoms with Gasteiger partial charge in [-0.25, -0.2) is 0 Å². The Bertz CT molecular complexity index is 384. The molecule has 2 atom stereocenters. The first kappa shape index (κ1) is 9.22. The Morgan fingerprint density at radius 2 is 2.20 bits per heavy atom. The highest BCUT2D eigenvalue weighted by Crippen LogP contribution is 2.41. The van der Waals surface area contributed by atoms with E-state index in [1.54, 1.807) is 0 Å². The normalized spacial score (nSPS) is 25.9. The molecule has 1 fully saturated rings. The molecule has 2 N–H and O–H groups in total. The van der Waals surface area contributed by atoms with E-state index in [4.69, 9.17) is 10.5 Å². The Labute approximate surface area is 90.4 Å². The summed E-state index contributed by atoms with van der Waals surface area (Å²) in [4.78, 5) is 0. The molecule has 1 saturated carbocycles. The van der Waals surface area contributed by atoms with E-state index < -0.39 is 0 Å². The summed E-state index contributed by atoms with van der Waals surface area (Å²) in [7, 11) is 0. The lowest BCUT2D eigenvalue weighted by Gasteiger charge is -2.11. The van der Waals surface area contributed by atoms with E-state index in [1.807, 2.05) is 0 Å². The molecule has 0 aromatic heterocycles. The number of fused-ring (bicyclic) bond motifs is 1. The zero-order valence-corrected chi connectivity index (χ0v) is 9.07. The van der Waals surface area contributed by atoms with Gasteiger partial charge in [-0.2, -0.15) is 0 Å². The van der Waals surface area contributed by atoms with Crippen molar-refractivity contribution in [2.75, 3.05) is 0 Å². The summed E-state index contributed by atoms with van der Waals surface area (Å²) in [5.41, 5.74) is 8.80. The Morgan fingerprint density at radius 1 is 1.40 bits per heavy atom. The quantitative estimate of drug-likeness (QED) is 0.801. The van der Waals surface area contributed by atoms with Gasteiger partial charge in [0.25, 0.3) is 0 Å². The van der Waals surface area contributed by atoms with Gasteiger partial charge in [-0.05, 0) is 42.9 Å². The van der Waals surface area contributed by atoms with Crippen molar-refractivity contribution in [3.8, 4) is 5.75 Å². The maximum absolute atomic E-state index is 6.19. The minimum atomic E-state index is 0.242. The van der Waals surface area contributed by atoms with Crippen LogP contribution in [0.25, 0.3) is 0 Å². The first-order valence-electron chi connectivity index (χ1n) is 5.79. The van der Waals surface area contributed by atoms with Crippen LogP contribution < -0.4 is 10.5 Å². The molecular formula is C13H17NO. The van der Waals surface area contributed by atoms with Crippen LogP contribution in [0.1, 0.15) is 36.9 Å². The fraction of sp³-hybridized carbons (Fsp3) is 0.538. The van der Waals surface area contributed by atoms with E-state index in [1.165, 1.54) is 24.0 Å². The van der Waals surface area contributed by atoms with E-state index in [0.29, 0.717) is 6.10 Å². The van der Waals surface area contributed by atoms with Crippen LogP contribution in [0.3, 0.4) is 0 Å². The summed E-state index contributed by atoms with van der Waals surface area (Å²) in [6, 6.07) is 6.68. The van der Waals surface area contributed by atoms with Crippen LogP contribution >= 0.6 is 0 Å². The Balaban J connectivity index is 1.89. The Kier molecular flexibility index (Phi) is 1.99. The SMILES string of the molecule is CC1Cc2cc(C(N)C3CC3)ccc2O1. The molecule has 0 bridgehead atoms. The highest BCUT2D eigenvalue weighted by molar-refractivity contribution is 5.41. The zero-order chi connectivity index (χ0) is 10.4. The van der Waals surface area contributed by atoms with Gasteiger partial charge in [0.15, 0.2) is 0 Å². The van der Waals surface area contributed by atoms with E-state index >= 15 is 0 Å². The van der Waals surface area contributed by atoms with Crippen LogP contribution in [0.15, 0.2) is 18.2 Å². The van der Waals surface area contributed by atoms with Gasteiger partial charge in [0, 0.05) is 12.5 Å². The van der Waals surface area contributed by atoms with Gasteiger partial charge in [-0.15, -0.1) is 0 Å². The summed E-state index contributed by atoms with van der Waals surface area (Å²) in [5, 5.41) is 0. The van der Waals surface area contributed by atoms with Crippen molar-refractivity contribution in [3.05, 3.63) is 29.3 Å². The second kappa shape index (κ2) is 3.24. The molecule has 3 rings (SSSR count). The van der Waals surface area contributed by atoms with Crippen molar-refractivity contribution in [2.24, 2.45) is 11.7 Å². The molecule has 2 unspecified atom stereocenters. The second-order valence-electron chi connectivity index (χ2n) is 4.86. The first-order valence-corrected chi connectivity index (χ1v) is 5.79. The molecule has 1 aliphatic heterocycles. The van der Waals surface area contributed by atoms with Gasteiger partial charge in [0.1, 0.15) is 11.9 Å². The van der Waals surface area contributed by atoms with Crippen molar-refractivity contribution in [2.45, 2.75) is 38.3 Å². The average molecular weight is 203 g/mol. The highest BCUT2D eigenvalue weighted by Gasteiger charge is 2.30. The summed E-state index contributed by atoms with van der Waals surface area (Å²) in [5.74, 6) is 1.78. The van der Waals surface area contributed by atoms with Gasteiger partial charge in [-0.3, -0.25) is 0 Å². The van der Waals surface area contributed by atoms with Crippen LogP contribution in [-0.4, -0.2) is 6.10 Å².